The van der Waals surface area contributed by atoms with E-state index in [2.05, 4.69) is 32.0 Å². The molecule has 2 nitrogen and oxygen atoms in total. The molecule has 0 saturated heterocycles. The predicted molar refractivity (Wildman–Crippen MR) is 117 cm³/mol. The first-order valence-corrected chi connectivity index (χ1v) is 11.8. The number of hydrogen-bond acceptors (Lipinski definition) is 1. The number of unbranched alkanes of at least 4 members (excludes halogenated alkanes) is 14. The first-order chi connectivity index (χ1) is 12.7. The van der Waals surface area contributed by atoms with Crippen LogP contribution in [0.15, 0.2) is 17.4 Å². The molecule has 1 heterocycles. The quantitative estimate of drug-likeness (QED) is 0.228. The summed E-state index contributed by atoms with van der Waals surface area (Å²) in [7, 11) is 0. The van der Waals surface area contributed by atoms with Gasteiger partial charge in [-0.1, -0.05) is 90.9 Å². The van der Waals surface area contributed by atoms with Crippen LogP contribution < -0.4 is 12.4 Å². The highest BCUT2D eigenvalue weighted by molar-refractivity contribution is 5.75. The van der Waals surface area contributed by atoms with Gasteiger partial charge < -0.3 is 12.4 Å². The third-order valence-electron chi connectivity index (χ3n) is 6.08. The molecular weight excluding hydrogens is 352 g/mol. The van der Waals surface area contributed by atoms with Crippen LogP contribution in [0.25, 0.3) is 0 Å². The number of nitrogens with zero attached hydrogens (tertiary/aromatic N) is 2. The van der Waals surface area contributed by atoms with Crippen molar-refractivity contribution in [2.45, 2.75) is 124 Å². The average molecular weight is 399 g/mol. The van der Waals surface area contributed by atoms with Crippen molar-refractivity contribution < 1.29 is 16.9 Å². The summed E-state index contributed by atoms with van der Waals surface area (Å²) in [6, 6.07) is 0. The molecule has 0 unspecified atom stereocenters. The molecule has 0 saturated carbocycles. The molecule has 0 aromatic carbocycles. The Bertz CT molecular complexity index is 370. The lowest BCUT2D eigenvalue weighted by Gasteiger charge is -2.31. The molecule has 0 radical (unpaired) electrons. The van der Waals surface area contributed by atoms with E-state index >= 15 is 0 Å². The van der Waals surface area contributed by atoms with E-state index in [0.29, 0.717) is 0 Å². The fraction of sp³-hybridized carbons (Fsp3) is 0.875. The molecule has 0 amide bonds. The molecular formula is C24H47ClN2. The van der Waals surface area contributed by atoms with Crippen molar-refractivity contribution in [3.63, 3.8) is 0 Å². The van der Waals surface area contributed by atoms with Crippen molar-refractivity contribution in [3.05, 3.63) is 12.4 Å². The molecule has 1 rings (SSSR count). The molecule has 0 atom stereocenters. The molecule has 160 valence electrons. The Balaban J connectivity index is 0.00000676. The van der Waals surface area contributed by atoms with Gasteiger partial charge in [-0.25, -0.2) is 4.99 Å². The topological polar surface area (TPSA) is 12.4 Å². The summed E-state index contributed by atoms with van der Waals surface area (Å²) in [5, 5.41) is 0. The summed E-state index contributed by atoms with van der Waals surface area (Å²) in [6.45, 7) is 9.34. The van der Waals surface area contributed by atoms with Crippen LogP contribution in [0.5, 0.6) is 0 Å². The first-order valence-electron chi connectivity index (χ1n) is 11.8. The van der Waals surface area contributed by atoms with Gasteiger partial charge in [0.05, 0.1) is 19.3 Å². The number of quaternary nitrogens is 1. The number of aliphatic imine (C=N–C) groups is 1. The fourth-order valence-electron chi connectivity index (χ4n) is 4.13. The lowest BCUT2D eigenvalue weighted by Crippen LogP contribution is -3.00. The van der Waals surface area contributed by atoms with Crippen LogP contribution in [0, 0.1) is 0 Å². The second kappa shape index (κ2) is 17.7. The molecule has 3 heteroatoms. The van der Waals surface area contributed by atoms with Gasteiger partial charge in [-0.15, -0.1) is 0 Å². The summed E-state index contributed by atoms with van der Waals surface area (Å²) in [5.74, 6) is 1.32. The van der Waals surface area contributed by atoms with Gasteiger partial charge in [0.1, 0.15) is 6.20 Å². The summed E-state index contributed by atoms with van der Waals surface area (Å²) in [5.41, 5.74) is 0. The van der Waals surface area contributed by atoms with Crippen LogP contribution in [0.4, 0.5) is 0 Å². The lowest BCUT2D eigenvalue weighted by molar-refractivity contribution is -0.787. The van der Waals surface area contributed by atoms with Crippen molar-refractivity contribution in [1.82, 2.24) is 0 Å². The van der Waals surface area contributed by atoms with Gasteiger partial charge in [-0.05, 0) is 25.7 Å². The zero-order chi connectivity index (χ0) is 18.9. The van der Waals surface area contributed by atoms with Gasteiger partial charge >= 0.3 is 0 Å². The van der Waals surface area contributed by atoms with E-state index < -0.39 is 0 Å². The van der Waals surface area contributed by atoms with Crippen LogP contribution in [-0.4, -0.2) is 23.4 Å². The SMILES string of the molecule is CCCCCCCCCC[N+]1(CCCCCCCCCC)C=CN=C1C.[Cl-]. The van der Waals surface area contributed by atoms with Crippen LogP contribution in [-0.2, 0) is 0 Å². The molecule has 1 aliphatic rings. The standard InChI is InChI=1S/C24H47N2.ClH/c1-4-6-8-10-12-14-16-18-21-26(23-20-25-24(26)3)22-19-17-15-13-11-9-7-5-2;/h20,23H,4-19,21-22H2,1-3H3;1H/q+1;/p-1. The smallest absolute Gasteiger partial charge is 0.204 e. The van der Waals surface area contributed by atoms with Gasteiger partial charge in [0.15, 0.2) is 0 Å². The van der Waals surface area contributed by atoms with Gasteiger partial charge in [0, 0.05) is 6.92 Å². The van der Waals surface area contributed by atoms with Gasteiger partial charge in [-0.2, -0.15) is 0 Å². The summed E-state index contributed by atoms with van der Waals surface area (Å²) in [4.78, 5) is 4.60. The minimum Gasteiger partial charge on any atom is -1.00 e. The zero-order valence-electron chi connectivity index (χ0n) is 18.7. The normalized spacial score (nSPS) is 15.0. The molecule has 0 spiro atoms. The maximum atomic E-state index is 4.60. The molecule has 0 fully saturated rings. The number of hydrogen-bond donors (Lipinski definition) is 0. The average Bonchev–Trinajstić information content (AvgIpc) is 3.00. The van der Waals surface area contributed by atoms with E-state index in [-0.39, 0.29) is 12.4 Å². The van der Waals surface area contributed by atoms with Crippen LogP contribution in [0.3, 0.4) is 0 Å². The Morgan fingerprint density at radius 3 is 1.33 bits per heavy atom. The summed E-state index contributed by atoms with van der Waals surface area (Å²) in [6.07, 6.45) is 26.9. The minimum absolute atomic E-state index is 0. The third-order valence-corrected chi connectivity index (χ3v) is 6.08. The first kappa shape index (κ1) is 26.7. The molecule has 0 aromatic rings. The van der Waals surface area contributed by atoms with Gasteiger partial charge in [0.2, 0.25) is 5.84 Å². The van der Waals surface area contributed by atoms with Crippen molar-refractivity contribution in [2.24, 2.45) is 4.99 Å². The summed E-state index contributed by atoms with van der Waals surface area (Å²) >= 11 is 0. The van der Waals surface area contributed by atoms with Gasteiger partial charge in [0.25, 0.3) is 0 Å². The Kier molecular flexibility index (Phi) is 17.5. The maximum absolute atomic E-state index is 4.60. The summed E-state index contributed by atoms with van der Waals surface area (Å²) < 4.78 is 1.05. The Hall–Kier alpha value is -0.340. The molecule has 27 heavy (non-hydrogen) atoms. The Morgan fingerprint density at radius 1 is 0.630 bits per heavy atom. The Labute approximate surface area is 176 Å². The maximum Gasteiger partial charge on any atom is 0.204 e. The van der Waals surface area contributed by atoms with Crippen molar-refractivity contribution >= 4 is 5.84 Å². The highest BCUT2D eigenvalue weighted by Gasteiger charge is 2.31. The monoisotopic (exact) mass is 398 g/mol. The Morgan fingerprint density at radius 2 is 1.00 bits per heavy atom. The molecule has 0 aromatic heterocycles. The number of halogens is 1. The van der Waals surface area contributed by atoms with Crippen molar-refractivity contribution in [1.29, 1.82) is 0 Å². The van der Waals surface area contributed by atoms with Gasteiger partial charge in [-0.3, -0.25) is 4.48 Å². The number of rotatable bonds is 18. The highest BCUT2D eigenvalue weighted by atomic mass is 35.5. The van der Waals surface area contributed by atoms with Crippen LogP contribution >= 0.6 is 0 Å². The largest absolute Gasteiger partial charge is 1.00 e. The van der Waals surface area contributed by atoms with E-state index in [1.54, 1.807) is 0 Å². The second-order valence-corrected chi connectivity index (χ2v) is 8.41. The third kappa shape index (κ3) is 12.0. The van der Waals surface area contributed by atoms with Crippen LogP contribution in [0.2, 0.25) is 0 Å². The lowest BCUT2D eigenvalue weighted by atomic mass is 10.1. The van der Waals surface area contributed by atoms with Crippen LogP contribution in [0.1, 0.15) is 124 Å². The minimum atomic E-state index is 0. The van der Waals surface area contributed by atoms with E-state index in [1.807, 2.05) is 6.20 Å². The predicted octanol–water partition coefficient (Wildman–Crippen LogP) is 4.99. The fourth-order valence-corrected chi connectivity index (χ4v) is 4.13. The molecule has 0 aliphatic carbocycles. The van der Waals surface area contributed by atoms with E-state index in [4.69, 9.17) is 0 Å². The van der Waals surface area contributed by atoms with Crippen molar-refractivity contribution in [2.75, 3.05) is 13.1 Å². The highest BCUT2D eigenvalue weighted by Crippen LogP contribution is 2.21. The van der Waals surface area contributed by atoms with E-state index in [9.17, 15) is 0 Å². The van der Waals surface area contributed by atoms with E-state index in [0.717, 1.165) is 4.48 Å². The molecule has 1 aliphatic heterocycles. The van der Waals surface area contributed by atoms with Crippen molar-refractivity contribution in [3.8, 4) is 0 Å². The van der Waals surface area contributed by atoms with E-state index in [1.165, 1.54) is 122 Å². The number of amidine groups is 1. The second-order valence-electron chi connectivity index (χ2n) is 8.41. The molecule has 0 N–H and O–H groups in total. The zero-order valence-corrected chi connectivity index (χ0v) is 19.4. The molecule has 0 bridgehead atoms.